The van der Waals surface area contributed by atoms with E-state index in [1.165, 1.54) is 12.1 Å². The van der Waals surface area contributed by atoms with Gasteiger partial charge in [0.25, 0.3) is 5.91 Å². The highest BCUT2D eigenvalue weighted by molar-refractivity contribution is 5.94. The molecule has 0 saturated heterocycles. The quantitative estimate of drug-likeness (QED) is 0.751. The van der Waals surface area contributed by atoms with Crippen LogP contribution >= 0.6 is 0 Å². The van der Waals surface area contributed by atoms with Crippen molar-refractivity contribution >= 4 is 5.91 Å². The van der Waals surface area contributed by atoms with Gasteiger partial charge in [0.2, 0.25) is 0 Å². The molecule has 0 bridgehead atoms. The van der Waals surface area contributed by atoms with Gasteiger partial charge in [-0.05, 0) is 30.5 Å². The Morgan fingerprint density at radius 3 is 2.48 bits per heavy atom. The van der Waals surface area contributed by atoms with Gasteiger partial charge in [-0.3, -0.25) is 4.79 Å². The fourth-order valence-electron chi connectivity index (χ4n) is 2.08. The van der Waals surface area contributed by atoms with E-state index >= 15 is 0 Å². The molecule has 0 N–H and O–H groups in total. The van der Waals surface area contributed by atoms with E-state index in [0.29, 0.717) is 13.1 Å². The van der Waals surface area contributed by atoms with Crippen molar-refractivity contribution in [1.82, 2.24) is 4.90 Å². The maximum Gasteiger partial charge on any atom is 0.416 e. The zero-order valence-corrected chi connectivity index (χ0v) is 12.7. The molecule has 0 fully saturated rings. The highest BCUT2D eigenvalue weighted by atomic mass is 19.4. The highest BCUT2D eigenvalue weighted by Gasteiger charge is 2.31. The highest BCUT2D eigenvalue weighted by Crippen LogP contribution is 2.29. The van der Waals surface area contributed by atoms with Crippen molar-refractivity contribution in [2.45, 2.75) is 39.8 Å². The van der Waals surface area contributed by atoms with E-state index in [1.54, 1.807) is 4.90 Å². The molecule has 0 aliphatic rings. The number of benzene rings is 1. The summed E-state index contributed by atoms with van der Waals surface area (Å²) in [5.41, 5.74) is -0.685. The van der Waals surface area contributed by atoms with Gasteiger partial charge in [0.05, 0.1) is 5.56 Å². The largest absolute Gasteiger partial charge is 0.416 e. The first-order chi connectivity index (χ1) is 9.75. The molecule has 0 atom stereocenters. The Balaban J connectivity index is 2.97. The van der Waals surface area contributed by atoms with Crippen molar-refractivity contribution in [3.05, 3.63) is 35.4 Å². The molecule has 0 aliphatic heterocycles. The molecule has 0 saturated carbocycles. The fraction of sp³-hybridized carbons (Fsp3) is 0.562. The molecule has 0 aromatic heterocycles. The first-order valence-corrected chi connectivity index (χ1v) is 7.22. The smallest absolute Gasteiger partial charge is 0.338 e. The zero-order chi connectivity index (χ0) is 16.0. The number of nitrogens with zero attached hydrogens (tertiary/aromatic N) is 1. The first kappa shape index (κ1) is 17.5. The number of amides is 1. The Hall–Kier alpha value is -1.52. The number of alkyl halides is 3. The van der Waals surface area contributed by atoms with Gasteiger partial charge in [-0.25, -0.2) is 0 Å². The molecule has 118 valence electrons. The van der Waals surface area contributed by atoms with Crippen LogP contribution in [0.2, 0.25) is 0 Å². The molecule has 2 nitrogen and oxygen atoms in total. The molecule has 1 aromatic carbocycles. The lowest BCUT2D eigenvalue weighted by Gasteiger charge is -2.25. The number of halogens is 3. The van der Waals surface area contributed by atoms with Crippen LogP contribution in [0.5, 0.6) is 0 Å². The molecule has 0 heterocycles. The number of rotatable bonds is 6. The van der Waals surface area contributed by atoms with Gasteiger partial charge in [0, 0.05) is 18.7 Å². The first-order valence-electron chi connectivity index (χ1n) is 7.22. The van der Waals surface area contributed by atoms with Gasteiger partial charge >= 0.3 is 6.18 Å². The van der Waals surface area contributed by atoms with Crippen LogP contribution in [0.3, 0.4) is 0 Å². The lowest BCUT2D eigenvalue weighted by molar-refractivity contribution is -0.137. The van der Waals surface area contributed by atoms with Crippen LogP contribution in [-0.4, -0.2) is 23.9 Å². The van der Waals surface area contributed by atoms with Crippen molar-refractivity contribution in [3.8, 4) is 0 Å². The zero-order valence-electron chi connectivity index (χ0n) is 12.7. The third-order valence-electron chi connectivity index (χ3n) is 3.09. The number of hydrogen-bond acceptors (Lipinski definition) is 1. The molecule has 0 spiro atoms. The third-order valence-corrected chi connectivity index (χ3v) is 3.09. The molecule has 5 heteroatoms. The second kappa shape index (κ2) is 7.48. The second-order valence-electron chi connectivity index (χ2n) is 5.58. The predicted molar refractivity (Wildman–Crippen MR) is 77.1 cm³/mol. The summed E-state index contributed by atoms with van der Waals surface area (Å²) in [5.74, 6) is -0.0557. The Bertz CT molecular complexity index is 469. The molecule has 1 aromatic rings. The van der Waals surface area contributed by atoms with Crippen LogP contribution in [0.4, 0.5) is 13.2 Å². The Labute approximate surface area is 123 Å². The van der Waals surface area contributed by atoms with E-state index in [-0.39, 0.29) is 17.4 Å². The number of hydrogen-bond donors (Lipinski definition) is 0. The summed E-state index contributed by atoms with van der Waals surface area (Å²) < 4.78 is 38.2. The lowest BCUT2D eigenvalue weighted by Crippen LogP contribution is -2.35. The minimum absolute atomic E-state index is 0.0987. The van der Waals surface area contributed by atoms with Crippen molar-refractivity contribution in [2.24, 2.45) is 5.92 Å². The van der Waals surface area contributed by atoms with Crippen molar-refractivity contribution in [1.29, 1.82) is 0 Å². The average molecular weight is 301 g/mol. The van der Waals surface area contributed by atoms with E-state index in [4.69, 9.17) is 0 Å². The van der Waals surface area contributed by atoms with E-state index in [1.807, 2.05) is 20.8 Å². The van der Waals surface area contributed by atoms with Crippen LogP contribution in [-0.2, 0) is 6.18 Å². The van der Waals surface area contributed by atoms with Gasteiger partial charge in [0.15, 0.2) is 0 Å². The Morgan fingerprint density at radius 2 is 1.95 bits per heavy atom. The molecule has 0 radical (unpaired) electrons. The van der Waals surface area contributed by atoms with Gasteiger partial charge < -0.3 is 4.90 Å². The standard InChI is InChI=1S/C16H22F3NO/c1-4-5-9-20(11-12(2)3)15(21)13-7-6-8-14(10-13)16(17,18)19/h6-8,10,12H,4-5,9,11H2,1-3H3. The van der Waals surface area contributed by atoms with E-state index in [0.717, 1.165) is 25.0 Å². The molecule has 1 amide bonds. The van der Waals surface area contributed by atoms with Crippen LogP contribution in [0.25, 0.3) is 0 Å². The summed E-state index contributed by atoms with van der Waals surface area (Å²) in [6.07, 6.45) is -2.65. The van der Waals surface area contributed by atoms with Crippen molar-refractivity contribution < 1.29 is 18.0 Å². The summed E-state index contributed by atoms with van der Waals surface area (Å²) in [6, 6.07) is 4.64. The van der Waals surface area contributed by atoms with Crippen LogP contribution in [0.15, 0.2) is 24.3 Å². The van der Waals surface area contributed by atoms with E-state index in [2.05, 4.69) is 0 Å². The second-order valence-corrected chi connectivity index (χ2v) is 5.58. The van der Waals surface area contributed by atoms with Gasteiger partial charge in [-0.1, -0.05) is 33.3 Å². The topological polar surface area (TPSA) is 20.3 Å². The van der Waals surface area contributed by atoms with Gasteiger partial charge in [-0.15, -0.1) is 0 Å². The molecular weight excluding hydrogens is 279 g/mol. The number of carbonyl (C=O) groups is 1. The predicted octanol–water partition coefficient (Wildman–Crippen LogP) is 4.60. The summed E-state index contributed by atoms with van der Waals surface area (Å²) in [5, 5.41) is 0. The van der Waals surface area contributed by atoms with Crippen LogP contribution in [0.1, 0.15) is 49.5 Å². The van der Waals surface area contributed by atoms with Gasteiger partial charge in [0.1, 0.15) is 0 Å². The van der Waals surface area contributed by atoms with Crippen molar-refractivity contribution in [2.75, 3.05) is 13.1 Å². The van der Waals surface area contributed by atoms with Crippen molar-refractivity contribution in [3.63, 3.8) is 0 Å². The summed E-state index contributed by atoms with van der Waals surface area (Å²) in [4.78, 5) is 14.1. The normalized spacial score (nSPS) is 11.8. The lowest BCUT2D eigenvalue weighted by atomic mass is 10.1. The van der Waals surface area contributed by atoms with E-state index < -0.39 is 11.7 Å². The van der Waals surface area contributed by atoms with Crippen LogP contribution < -0.4 is 0 Å². The maximum atomic E-state index is 12.7. The summed E-state index contributed by atoms with van der Waals surface area (Å²) >= 11 is 0. The minimum atomic E-state index is -4.43. The molecule has 1 rings (SSSR count). The molecular formula is C16H22F3NO. The summed E-state index contributed by atoms with van der Waals surface area (Å²) in [6.45, 7) is 7.11. The van der Waals surface area contributed by atoms with Gasteiger partial charge in [-0.2, -0.15) is 13.2 Å². The molecule has 0 aliphatic carbocycles. The maximum absolute atomic E-state index is 12.7. The Kier molecular flexibility index (Phi) is 6.24. The van der Waals surface area contributed by atoms with E-state index in [9.17, 15) is 18.0 Å². The molecule has 21 heavy (non-hydrogen) atoms. The summed E-state index contributed by atoms with van der Waals surface area (Å²) in [7, 11) is 0. The Morgan fingerprint density at radius 1 is 1.29 bits per heavy atom. The molecule has 0 unspecified atom stereocenters. The average Bonchev–Trinajstić information content (AvgIpc) is 2.41. The number of unbranched alkanes of at least 4 members (excludes halogenated alkanes) is 1. The SMILES string of the molecule is CCCCN(CC(C)C)C(=O)c1cccc(C(F)(F)F)c1. The number of carbonyl (C=O) groups excluding carboxylic acids is 1. The monoisotopic (exact) mass is 301 g/mol. The third kappa shape index (κ3) is 5.40. The fourth-order valence-corrected chi connectivity index (χ4v) is 2.08. The minimum Gasteiger partial charge on any atom is -0.338 e. The van der Waals surface area contributed by atoms with Crippen LogP contribution in [0, 0.1) is 5.92 Å².